The van der Waals surface area contributed by atoms with Gasteiger partial charge in [0.15, 0.2) is 0 Å². The number of carbonyl (C=O) groups excluding carboxylic acids is 1. The lowest BCUT2D eigenvalue weighted by Crippen LogP contribution is -2.33. The van der Waals surface area contributed by atoms with Gasteiger partial charge >= 0.3 is 0 Å². The molecule has 0 unspecified atom stereocenters. The Kier molecular flexibility index (Phi) is 6.64. The summed E-state index contributed by atoms with van der Waals surface area (Å²) >= 11 is 0. The van der Waals surface area contributed by atoms with E-state index in [1.54, 1.807) is 24.3 Å². The predicted molar refractivity (Wildman–Crippen MR) is 126 cm³/mol. The molecular weight excluding hydrogens is 466 g/mol. The summed E-state index contributed by atoms with van der Waals surface area (Å²) in [5.74, 6) is -0.200. The Balaban J connectivity index is 1.52. The van der Waals surface area contributed by atoms with E-state index in [-0.39, 0.29) is 28.0 Å². The Hall–Kier alpha value is -2.63. The molecule has 4 rings (SSSR count). The van der Waals surface area contributed by atoms with Crippen LogP contribution in [0.3, 0.4) is 0 Å². The van der Waals surface area contributed by atoms with Crippen molar-refractivity contribution in [2.75, 3.05) is 29.0 Å². The summed E-state index contributed by atoms with van der Waals surface area (Å²) < 4.78 is 59.3. The first kappa shape index (κ1) is 23.5. The zero-order valence-corrected chi connectivity index (χ0v) is 19.9. The molecule has 0 atom stereocenters. The molecule has 33 heavy (non-hydrogen) atoms. The molecule has 2 N–H and O–H groups in total. The molecule has 1 aliphatic heterocycles. The van der Waals surface area contributed by atoms with Crippen LogP contribution < -0.4 is 19.1 Å². The topological polar surface area (TPSA) is 122 Å². The number of anilines is 2. The number of rotatable bonds is 7. The van der Waals surface area contributed by atoms with E-state index in [0.29, 0.717) is 24.3 Å². The molecular formula is C22H27N3O6S2. The SMILES string of the molecule is COc1ccc(C(=O)Nc2ccc(N3CCCS3(=O)=O)cc2)cc1S(=O)(=O)NC1CCCC1. The smallest absolute Gasteiger partial charge is 0.255 e. The number of benzene rings is 2. The third-order valence-electron chi connectivity index (χ3n) is 5.90. The van der Waals surface area contributed by atoms with Gasteiger partial charge in [0.2, 0.25) is 20.0 Å². The van der Waals surface area contributed by atoms with E-state index < -0.39 is 26.0 Å². The second-order valence-corrected chi connectivity index (χ2v) is 11.9. The minimum atomic E-state index is -3.86. The summed E-state index contributed by atoms with van der Waals surface area (Å²) in [5.41, 5.74) is 1.17. The highest BCUT2D eigenvalue weighted by molar-refractivity contribution is 7.93. The van der Waals surface area contributed by atoms with Gasteiger partial charge in [-0.1, -0.05) is 12.8 Å². The minimum absolute atomic E-state index is 0.0841. The number of sulfonamides is 2. The van der Waals surface area contributed by atoms with Gasteiger partial charge in [-0.05, 0) is 61.7 Å². The first-order valence-corrected chi connectivity index (χ1v) is 13.9. The van der Waals surface area contributed by atoms with Crippen LogP contribution in [0.5, 0.6) is 5.75 Å². The number of hydrogen-bond acceptors (Lipinski definition) is 6. The van der Waals surface area contributed by atoms with E-state index in [1.807, 2.05) is 0 Å². The largest absolute Gasteiger partial charge is 0.495 e. The van der Waals surface area contributed by atoms with Crippen LogP contribution in [0.1, 0.15) is 42.5 Å². The second-order valence-electron chi connectivity index (χ2n) is 8.21. The van der Waals surface area contributed by atoms with Crippen molar-refractivity contribution in [3.05, 3.63) is 48.0 Å². The van der Waals surface area contributed by atoms with Gasteiger partial charge in [0.25, 0.3) is 5.91 Å². The lowest BCUT2D eigenvalue weighted by molar-refractivity contribution is 0.102. The molecule has 1 saturated heterocycles. The highest BCUT2D eigenvalue weighted by Gasteiger charge is 2.29. The van der Waals surface area contributed by atoms with Crippen LogP contribution in [0.15, 0.2) is 47.4 Å². The first-order valence-electron chi connectivity index (χ1n) is 10.8. The number of nitrogens with one attached hydrogen (secondary N) is 2. The Labute approximate surface area is 194 Å². The van der Waals surface area contributed by atoms with Crippen molar-refractivity contribution in [3.8, 4) is 5.75 Å². The second kappa shape index (κ2) is 9.32. The van der Waals surface area contributed by atoms with E-state index >= 15 is 0 Å². The number of ether oxygens (including phenoxy) is 1. The summed E-state index contributed by atoms with van der Waals surface area (Å²) in [7, 11) is -5.76. The van der Waals surface area contributed by atoms with E-state index in [0.717, 1.165) is 25.7 Å². The first-order chi connectivity index (χ1) is 15.7. The molecule has 2 aromatic carbocycles. The molecule has 2 fully saturated rings. The van der Waals surface area contributed by atoms with Gasteiger partial charge in [0.1, 0.15) is 10.6 Å². The van der Waals surface area contributed by atoms with Gasteiger partial charge in [-0.25, -0.2) is 21.6 Å². The summed E-state index contributed by atoms with van der Waals surface area (Å²) in [5, 5.41) is 2.72. The highest BCUT2D eigenvalue weighted by Crippen LogP contribution is 2.28. The number of methoxy groups -OCH3 is 1. The Morgan fingerprint density at radius 3 is 2.36 bits per heavy atom. The van der Waals surface area contributed by atoms with Gasteiger partial charge in [0, 0.05) is 23.8 Å². The van der Waals surface area contributed by atoms with Crippen LogP contribution in [0.2, 0.25) is 0 Å². The third kappa shape index (κ3) is 5.15. The van der Waals surface area contributed by atoms with E-state index in [9.17, 15) is 21.6 Å². The molecule has 0 radical (unpaired) electrons. The monoisotopic (exact) mass is 493 g/mol. The lowest BCUT2D eigenvalue weighted by atomic mass is 10.2. The zero-order valence-electron chi connectivity index (χ0n) is 18.3. The average molecular weight is 494 g/mol. The molecule has 1 aliphatic carbocycles. The fraction of sp³-hybridized carbons (Fsp3) is 0.409. The quantitative estimate of drug-likeness (QED) is 0.612. The van der Waals surface area contributed by atoms with Gasteiger partial charge in [-0.2, -0.15) is 0 Å². The van der Waals surface area contributed by atoms with E-state index in [4.69, 9.17) is 4.74 Å². The normalized spacial score (nSPS) is 18.4. The minimum Gasteiger partial charge on any atom is -0.495 e. The van der Waals surface area contributed by atoms with Crippen LogP contribution in [0.25, 0.3) is 0 Å². The third-order valence-corrected chi connectivity index (χ3v) is 9.32. The van der Waals surface area contributed by atoms with Gasteiger partial charge < -0.3 is 10.1 Å². The van der Waals surface area contributed by atoms with Crippen molar-refractivity contribution in [1.29, 1.82) is 0 Å². The average Bonchev–Trinajstić information content (AvgIpc) is 3.42. The molecule has 0 aromatic heterocycles. The van der Waals surface area contributed by atoms with Gasteiger partial charge in [-0.3, -0.25) is 9.10 Å². The Bertz CT molecular complexity index is 1240. The van der Waals surface area contributed by atoms with Crippen molar-refractivity contribution in [2.45, 2.75) is 43.0 Å². The summed E-state index contributed by atoms with van der Waals surface area (Å²) in [4.78, 5) is 12.7. The van der Waals surface area contributed by atoms with E-state index in [2.05, 4.69) is 10.0 Å². The molecule has 9 nitrogen and oxygen atoms in total. The number of amides is 1. The Morgan fingerprint density at radius 2 is 1.76 bits per heavy atom. The molecule has 2 aliphatic rings. The maximum Gasteiger partial charge on any atom is 0.255 e. The van der Waals surface area contributed by atoms with Crippen LogP contribution >= 0.6 is 0 Å². The van der Waals surface area contributed by atoms with Gasteiger partial charge in [0.05, 0.1) is 18.6 Å². The number of carbonyl (C=O) groups is 1. The summed E-state index contributed by atoms with van der Waals surface area (Å²) in [6.45, 7) is 0.437. The molecule has 1 heterocycles. The molecule has 1 saturated carbocycles. The van der Waals surface area contributed by atoms with Crippen molar-refractivity contribution < 1.29 is 26.4 Å². The maximum atomic E-state index is 12.9. The van der Waals surface area contributed by atoms with Crippen molar-refractivity contribution in [2.24, 2.45) is 0 Å². The molecule has 2 aromatic rings. The van der Waals surface area contributed by atoms with Crippen molar-refractivity contribution in [3.63, 3.8) is 0 Å². The standard InChI is InChI=1S/C22H27N3O6S2/c1-31-20-12-7-16(15-21(20)33(29,30)24-18-5-2-3-6-18)22(26)23-17-8-10-19(11-9-17)25-13-4-14-32(25,27)28/h7-12,15,18,24H,2-6,13-14H2,1H3,(H,23,26). The highest BCUT2D eigenvalue weighted by atomic mass is 32.2. The van der Waals surface area contributed by atoms with E-state index in [1.165, 1.54) is 29.6 Å². The maximum absolute atomic E-state index is 12.9. The molecule has 1 amide bonds. The number of nitrogens with zero attached hydrogens (tertiary/aromatic N) is 1. The fourth-order valence-electron chi connectivity index (χ4n) is 4.20. The molecule has 0 spiro atoms. The predicted octanol–water partition coefficient (Wildman–Crippen LogP) is 2.71. The van der Waals surface area contributed by atoms with Crippen molar-refractivity contribution >= 4 is 37.3 Å². The molecule has 178 valence electrons. The lowest BCUT2D eigenvalue weighted by Gasteiger charge is -2.17. The fourth-order valence-corrected chi connectivity index (χ4v) is 7.26. The number of hydrogen-bond donors (Lipinski definition) is 2. The molecule has 11 heteroatoms. The Morgan fingerprint density at radius 1 is 1.06 bits per heavy atom. The van der Waals surface area contributed by atoms with Crippen LogP contribution in [0, 0.1) is 0 Å². The molecule has 0 bridgehead atoms. The van der Waals surface area contributed by atoms with Crippen LogP contribution in [0.4, 0.5) is 11.4 Å². The van der Waals surface area contributed by atoms with Gasteiger partial charge in [-0.15, -0.1) is 0 Å². The summed E-state index contributed by atoms with van der Waals surface area (Å²) in [6, 6.07) is 10.6. The van der Waals surface area contributed by atoms with Crippen LogP contribution in [-0.2, 0) is 20.0 Å². The van der Waals surface area contributed by atoms with Crippen molar-refractivity contribution in [1.82, 2.24) is 4.72 Å². The zero-order chi connectivity index (χ0) is 23.6. The van der Waals surface area contributed by atoms with Crippen LogP contribution in [-0.4, -0.2) is 48.2 Å². The summed E-state index contributed by atoms with van der Waals surface area (Å²) in [6.07, 6.45) is 4.12.